The molecule has 0 aliphatic heterocycles. The van der Waals surface area contributed by atoms with Gasteiger partial charge in [0.15, 0.2) is 5.82 Å². The van der Waals surface area contributed by atoms with E-state index in [1.807, 2.05) is 7.05 Å². The van der Waals surface area contributed by atoms with Crippen LogP contribution in [0.15, 0.2) is 24.3 Å². The maximum Gasteiger partial charge on any atom is 0.188 e. The second-order valence-corrected chi connectivity index (χ2v) is 4.88. The minimum absolute atomic E-state index is 0.696. The molecule has 0 fully saturated rings. The highest BCUT2D eigenvalue weighted by molar-refractivity contribution is 14.1. The lowest BCUT2D eigenvalue weighted by molar-refractivity contribution is 0.310. The lowest BCUT2D eigenvalue weighted by Gasteiger charge is -2.14. The molecule has 0 aliphatic carbocycles. The van der Waals surface area contributed by atoms with E-state index >= 15 is 0 Å². The first-order valence-corrected chi connectivity index (χ1v) is 5.97. The predicted octanol–water partition coefficient (Wildman–Crippen LogP) is 1.44. The molecule has 0 aliphatic rings. The number of halogens is 1. The lowest BCUT2D eigenvalue weighted by atomic mass is 10.2. The van der Waals surface area contributed by atoms with Gasteiger partial charge in [0.2, 0.25) is 0 Å². The van der Waals surface area contributed by atoms with Gasteiger partial charge < -0.3 is 0 Å². The molecule has 0 spiro atoms. The molecule has 0 radical (unpaired) electrons. The van der Waals surface area contributed by atoms with Gasteiger partial charge in [-0.2, -0.15) is 5.21 Å². The number of benzene rings is 1. The van der Waals surface area contributed by atoms with E-state index in [0.29, 0.717) is 12.4 Å². The van der Waals surface area contributed by atoms with E-state index in [-0.39, 0.29) is 0 Å². The van der Waals surface area contributed by atoms with Gasteiger partial charge in [0.05, 0.1) is 6.54 Å². The van der Waals surface area contributed by atoms with Gasteiger partial charge in [0.25, 0.3) is 0 Å². The van der Waals surface area contributed by atoms with E-state index in [2.05, 4.69) is 72.4 Å². The summed E-state index contributed by atoms with van der Waals surface area (Å²) < 4.78 is 1.25. The Morgan fingerprint density at radius 2 is 2.25 bits per heavy atom. The Kier molecular flexibility index (Phi) is 3.83. The summed E-state index contributed by atoms with van der Waals surface area (Å²) in [5, 5.41) is 13.8. The van der Waals surface area contributed by atoms with Crippen LogP contribution in [0, 0.1) is 3.57 Å². The average Bonchev–Trinajstić information content (AvgIpc) is 2.70. The molecule has 16 heavy (non-hydrogen) atoms. The molecule has 1 heterocycles. The van der Waals surface area contributed by atoms with Gasteiger partial charge in [0.1, 0.15) is 0 Å². The van der Waals surface area contributed by atoms with Gasteiger partial charge >= 0.3 is 0 Å². The van der Waals surface area contributed by atoms with Crippen molar-refractivity contribution >= 4 is 22.6 Å². The fraction of sp³-hybridized carbons (Fsp3) is 0.300. The van der Waals surface area contributed by atoms with Crippen molar-refractivity contribution in [2.24, 2.45) is 0 Å². The van der Waals surface area contributed by atoms with E-state index in [1.54, 1.807) is 0 Å². The highest BCUT2D eigenvalue weighted by atomic mass is 127. The van der Waals surface area contributed by atoms with Gasteiger partial charge in [0, 0.05) is 10.1 Å². The highest BCUT2D eigenvalue weighted by Crippen LogP contribution is 2.10. The molecule has 2 aromatic rings. The summed E-state index contributed by atoms with van der Waals surface area (Å²) in [5.41, 5.74) is 1.29. The van der Waals surface area contributed by atoms with Gasteiger partial charge in [-0.1, -0.05) is 17.3 Å². The molecule has 0 saturated carbocycles. The van der Waals surface area contributed by atoms with Crippen molar-refractivity contribution in [1.29, 1.82) is 0 Å². The predicted molar refractivity (Wildman–Crippen MR) is 68.5 cm³/mol. The number of rotatable bonds is 4. The number of H-pyrrole nitrogens is 1. The van der Waals surface area contributed by atoms with Crippen LogP contribution in [0.5, 0.6) is 0 Å². The maximum absolute atomic E-state index is 3.93. The van der Waals surface area contributed by atoms with Crippen molar-refractivity contribution in [3.63, 3.8) is 0 Å². The van der Waals surface area contributed by atoms with Gasteiger partial charge in [-0.05, 0) is 47.3 Å². The highest BCUT2D eigenvalue weighted by Gasteiger charge is 2.05. The van der Waals surface area contributed by atoms with Crippen LogP contribution in [0.2, 0.25) is 0 Å². The first-order valence-electron chi connectivity index (χ1n) is 4.89. The van der Waals surface area contributed by atoms with Crippen LogP contribution in [-0.2, 0) is 13.1 Å². The molecule has 1 N–H and O–H groups in total. The summed E-state index contributed by atoms with van der Waals surface area (Å²) in [6, 6.07) is 8.45. The summed E-state index contributed by atoms with van der Waals surface area (Å²) >= 11 is 2.32. The third-order valence-corrected chi connectivity index (χ3v) is 2.81. The van der Waals surface area contributed by atoms with Crippen LogP contribution in [0.1, 0.15) is 11.4 Å². The van der Waals surface area contributed by atoms with Crippen LogP contribution in [0.25, 0.3) is 0 Å². The number of aromatic amines is 1. The quantitative estimate of drug-likeness (QED) is 0.863. The Morgan fingerprint density at radius 1 is 1.38 bits per heavy atom. The Morgan fingerprint density at radius 3 is 2.94 bits per heavy atom. The normalized spacial score (nSPS) is 10.9. The molecule has 1 aromatic carbocycles. The van der Waals surface area contributed by atoms with Crippen LogP contribution in [0.4, 0.5) is 0 Å². The standard InChI is InChI=1S/C10H12IN5/c1-16(7-10-12-14-15-13-10)6-8-3-2-4-9(11)5-8/h2-5H,6-7H2,1H3,(H,12,13,14,15). The van der Waals surface area contributed by atoms with E-state index in [4.69, 9.17) is 0 Å². The second kappa shape index (κ2) is 5.35. The summed E-state index contributed by atoms with van der Waals surface area (Å²) in [5.74, 6) is 0.716. The number of nitrogens with one attached hydrogen (secondary N) is 1. The summed E-state index contributed by atoms with van der Waals surface area (Å²) in [4.78, 5) is 2.15. The molecule has 2 rings (SSSR count). The molecule has 6 heteroatoms. The third kappa shape index (κ3) is 3.24. The smallest absolute Gasteiger partial charge is 0.188 e. The summed E-state index contributed by atoms with van der Waals surface area (Å²) in [6.07, 6.45) is 0. The number of aromatic nitrogens is 4. The molecule has 0 saturated heterocycles. The Labute approximate surface area is 107 Å². The van der Waals surface area contributed by atoms with Crippen molar-refractivity contribution in [1.82, 2.24) is 25.5 Å². The SMILES string of the molecule is CN(Cc1cccc(I)c1)Cc1nn[nH]n1. The van der Waals surface area contributed by atoms with E-state index in [0.717, 1.165) is 6.54 Å². The first-order chi connectivity index (χ1) is 7.74. The fourth-order valence-electron chi connectivity index (χ4n) is 1.49. The summed E-state index contributed by atoms with van der Waals surface area (Å²) in [7, 11) is 2.04. The molecule has 5 nitrogen and oxygen atoms in total. The third-order valence-electron chi connectivity index (χ3n) is 2.14. The van der Waals surface area contributed by atoms with Crippen LogP contribution in [0.3, 0.4) is 0 Å². The van der Waals surface area contributed by atoms with E-state index < -0.39 is 0 Å². The van der Waals surface area contributed by atoms with Gasteiger partial charge in [-0.25, -0.2) is 0 Å². The van der Waals surface area contributed by atoms with Crippen LogP contribution in [-0.4, -0.2) is 32.6 Å². The number of hydrogen-bond donors (Lipinski definition) is 1. The average molecular weight is 329 g/mol. The van der Waals surface area contributed by atoms with Crippen LogP contribution < -0.4 is 0 Å². The molecule has 0 bridgehead atoms. The van der Waals surface area contributed by atoms with Gasteiger partial charge in [-0.3, -0.25) is 4.90 Å². The van der Waals surface area contributed by atoms with Crippen molar-refractivity contribution < 1.29 is 0 Å². The number of tetrazole rings is 1. The number of nitrogens with zero attached hydrogens (tertiary/aromatic N) is 4. The Bertz CT molecular complexity index is 442. The molecule has 1 aromatic heterocycles. The molecule has 0 amide bonds. The Hall–Kier alpha value is -1.02. The topological polar surface area (TPSA) is 57.7 Å². The molecular formula is C10H12IN5. The zero-order chi connectivity index (χ0) is 11.4. The first kappa shape index (κ1) is 11.5. The molecule has 84 valence electrons. The van der Waals surface area contributed by atoms with Crippen molar-refractivity contribution in [3.8, 4) is 0 Å². The zero-order valence-corrected chi connectivity index (χ0v) is 11.0. The minimum atomic E-state index is 0.696. The second-order valence-electron chi connectivity index (χ2n) is 3.63. The molecular weight excluding hydrogens is 317 g/mol. The fourth-order valence-corrected chi connectivity index (χ4v) is 2.10. The van der Waals surface area contributed by atoms with Crippen molar-refractivity contribution in [2.45, 2.75) is 13.1 Å². The molecule has 0 unspecified atom stereocenters. The lowest BCUT2D eigenvalue weighted by Crippen LogP contribution is -2.18. The van der Waals surface area contributed by atoms with Crippen molar-refractivity contribution in [3.05, 3.63) is 39.2 Å². The monoisotopic (exact) mass is 329 g/mol. The maximum atomic E-state index is 3.93. The number of hydrogen-bond acceptors (Lipinski definition) is 4. The summed E-state index contributed by atoms with van der Waals surface area (Å²) in [6.45, 7) is 1.58. The largest absolute Gasteiger partial charge is 0.295 e. The molecule has 0 atom stereocenters. The van der Waals surface area contributed by atoms with Crippen molar-refractivity contribution in [2.75, 3.05) is 7.05 Å². The van der Waals surface area contributed by atoms with Crippen LogP contribution >= 0.6 is 22.6 Å². The zero-order valence-electron chi connectivity index (χ0n) is 8.89. The van der Waals surface area contributed by atoms with E-state index in [1.165, 1.54) is 9.13 Å². The van der Waals surface area contributed by atoms with E-state index in [9.17, 15) is 0 Å². The Balaban J connectivity index is 1.94. The minimum Gasteiger partial charge on any atom is -0.295 e. The van der Waals surface area contributed by atoms with Gasteiger partial charge in [-0.15, -0.1) is 10.2 Å².